The number of carbonyl (C=O) groups excluding carboxylic acids is 1. The van der Waals surface area contributed by atoms with E-state index in [-0.39, 0.29) is 5.91 Å². The molecule has 0 spiro atoms. The van der Waals surface area contributed by atoms with Gasteiger partial charge < -0.3 is 10.0 Å². The third-order valence-electron chi connectivity index (χ3n) is 3.52. The molecule has 2 rings (SSSR count). The van der Waals surface area contributed by atoms with Crippen molar-refractivity contribution in [3.8, 4) is 0 Å². The van der Waals surface area contributed by atoms with Gasteiger partial charge in [0.15, 0.2) is 0 Å². The van der Waals surface area contributed by atoms with Gasteiger partial charge in [-0.2, -0.15) is 0 Å². The highest BCUT2D eigenvalue weighted by atomic mass is 16.4. The SMILES string of the molecule is CN(C(=O)c1ccc2c(c1)nnn2C)C(C)(C)C(=O)O. The predicted octanol–water partition coefficient (Wildman–Crippen LogP) is 0.903. The first kappa shape index (κ1) is 14.0. The Bertz CT molecular complexity index is 690. The summed E-state index contributed by atoms with van der Waals surface area (Å²) < 4.78 is 1.61. The van der Waals surface area contributed by atoms with Crippen molar-refractivity contribution >= 4 is 22.9 Å². The number of aliphatic carboxylic acids is 1. The van der Waals surface area contributed by atoms with Crippen LogP contribution < -0.4 is 0 Å². The summed E-state index contributed by atoms with van der Waals surface area (Å²) in [6.45, 7) is 2.96. The fourth-order valence-electron chi connectivity index (χ4n) is 1.76. The molecular weight excluding hydrogens is 260 g/mol. The van der Waals surface area contributed by atoms with Crippen LogP contribution in [0.5, 0.6) is 0 Å². The van der Waals surface area contributed by atoms with Crippen LogP contribution in [0.15, 0.2) is 18.2 Å². The molecule has 0 atom stereocenters. The molecule has 2 aromatic rings. The van der Waals surface area contributed by atoms with E-state index in [9.17, 15) is 9.59 Å². The van der Waals surface area contributed by atoms with Gasteiger partial charge in [0.05, 0.1) is 5.52 Å². The van der Waals surface area contributed by atoms with Crippen LogP contribution in [-0.2, 0) is 11.8 Å². The highest BCUT2D eigenvalue weighted by molar-refractivity contribution is 5.99. The minimum atomic E-state index is -1.28. The zero-order valence-electron chi connectivity index (χ0n) is 11.8. The molecule has 1 amide bonds. The summed E-state index contributed by atoms with van der Waals surface area (Å²) in [6.07, 6.45) is 0. The Morgan fingerprint density at radius 1 is 1.35 bits per heavy atom. The van der Waals surface area contributed by atoms with Crippen LogP contribution in [0.4, 0.5) is 0 Å². The summed E-state index contributed by atoms with van der Waals surface area (Å²) in [4.78, 5) is 24.7. The van der Waals surface area contributed by atoms with Crippen LogP contribution in [0.3, 0.4) is 0 Å². The zero-order chi connectivity index (χ0) is 15.1. The zero-order valence-corrected chi connectivity index (χ0v) is 11.8. The third-order valence-corrected chi connectivity index (χ3v) is 3.52. The maximum absolute atomic E-state index is 12.4. The van der Waals surface area contributed by atoms with Crippen molar-refractivity contribution in [1.82, 2.24) is 19.9 Å². The number of carboxylic acids is 1. The van der Waals surface area contributed by atoms with Crippen molar-refractivity contribution in [2.24, 2.45) is 7.05 Å². The average molecular weight is 276 g/mol. The molecule has 7 nitrogen and oxygen atoms in total. The molecular formula is C13H16N4O3. The van der Waals surface area contributed by atoms with Gasteiger partial charge in [0.1, 0.15) is 11.1 Å². The van der Waals surface area contributed by atoms with Crippen LogP contribution in [0.2, 0.25) is 0 Å². The lowest BCUT2D eigenvalue weighted by Gasteiger charge is -2.31. The van der Waals surface area contributed by atoms with Crippen molar-refractivity contribution in [2.45, 2.75) is 19.4 Å². The number of benzene rings is 1. The highest BCUT2D eigenvalue weighted by Crippen LogP contribution is 2.19. The number of aromatic nitrogens is 3. The van der Waals surface area contributed by atoms with Gasteiger partial charge in [0, 0.05) is 19.7 Å². The molecule has 0 aliphatic heterocycles. The topological polar surface area (TPSA) is 88.3 Å². The summed E-state index contributed by atoms with van der Waals surface area (Å²) in [6, 6.07) is 4.99. The fraction of sp³-hybridized carbons (Fsp3) is 0.385. The number of carbonyl (C=O) groups is 2. The molecule has 0 fully saturated rings. The van der Waals surface area contributed by atoms with Gasteiger partial charge >= 0.3 is 5.97 Å². The van der Waals surface area contributed by atoms with Crippen LogP contribution in [0.1, 0.15) is 24.2 Å². The second-order valence-corrected chi connectivity index (χ2v) is 5.14. The Labute approximate surface area is 115 Å². The minimum Gasteiger partial charge on any atom is -0.480 e. The van der Waals surface area contributed by atoms with E-state index in [0.29, 0.717) is 11.1 Å². The van der Waals surface area contributed by atoms with Crippen LogP contribution in [-0.4, -0.2) is 49.5 Å². The Hall–Kier alpha value is -2.44. The van der Waals surface area contributed by atoms with E-state index >= 15 is 0 Å². The second-order valence-electron chi connectivity index (χ2n) is 5.14. The largest absolute Gasteiger partial charge is 0.480 e. The van der Waals surface area contributed by atoms with E-state index in [1.807, 2.05) is 0 Å². The van der Waals surface area contributed by atoms with Gasteiger partial charge in [-0.1, -0.05) is 5.21 Å². The average Bonchev–Trinajstić information content (AvgIpc) is 2.78. The summed E-state index contributed by atoms with van der Waals surface area (Å²) in [5, 5.41) is 17.0. The molecule has 0 saturated carbocycles. The van der Waals surface area contributed by atoms with Crippen molar-refractivity contribution < 1.29 is 14.7 Å². The van der Waals surface area contributed by atoms with E-state index in [2.05, 4.69) is 10.3 Å². The number of nitrogens with zero attached hydrogens (tertiary/aromatic N) is 4. The second kappa shape index (κ2) is 4.59. The van der Waals surface area contributed by atoms with E-state index in [0.717, 1.165) is 5.52 Å². The molecule has 1 aromatic carbocycles. The number of hydrogen-bond acceptors (Lipinski definition) is 4. The van der Waals surface area contributed by atoms with E-state index in [1.54, 1.807) is 29.9 Å². The number of fused-ring (bicyclic) bond motifs is 1. The highest BCUT2D eigenvalue weighted by Gasteiger charge is 2.35. The van der Waals surface area contributed by atoms with Gasteiger partial charge in [0.25, 0.3) is 5.91 Å². The van der Waals surface area contributed by atoms with Gasteiger partial charge in [0.2, 0.25) is 0 Å². The van der Waals surface area contributed by atoms with E-state index in [1.165, 1.54) is 25.8 Å². The van der Waals surface area contributed by atoms with Crippen molar-refractivity contribution in [1.29, 1.82) is 0 Å². The van der Waals surface area contributed by atoms with Gasteiger partial charge in [-0.3, -0.25) is 4.79 Å². The smallest absolute Gasteiger partial charge is 0.329 e. The number of hydrogen-bond donors (Lipinski definition) is 1. The lowest BCUT2D eigenvalue weighted by Crippen LogP contribution is -2.50. The summed E-state index contributed by atoms with van der Waals surface area (Å²) in [5.74, 6) is -1.43. The fourth-order valence-corrected chi connectivity index (χ4v) is 1.76. The number of rotatable bonds is 3. The molecule has 0 saturated heterocycles. The van der Waals surface area contributed by atoms with Gasteiger partial charge in [-0.25, -0.2) is 9.48 Å². The van der Waals surface area contributed by atoms with Crippen LogP contribution in [0, 0.1) is 0 Å². The Morgan fingerprint density at radius 3 is 2.60 bits per heavy atom. The molecule has 20 heavy (non-hydrogen) atoms. The van der Waals surface area contributed by atoms with E-state index < -0.39 is 11.5 Å². The molecule has 7 heteroatoms. The number of aryl methyl sites for hydroxylation is 1. The molecule has 0 unspecified atom stereocenters. The number of amides is 1. The van der Waals surface area contributed by atoms with Crippen LogP contribution in [0.25, 0.3) is 11.0 Å². The Balaban J connectivity index is 2.38. The Morgan fingerprint density at radius 2 is 2.00 bits per heavy atom. The third kappa shape index (κ3) is 2.11. The first-order valence-electron chi connectivity index (χ1n) is 6.06. The maximum atomic E-state index is 12.4. The predicted molar refractivity (Wildman–Crippen MR) is 72.3 cm³/mol. The normalized spacial score (nSPS) is 11.6. The summed E-state index contributed by atoms with van der Waals surface area (Å²) >= 11 is 0. The number of carboxylic acid groups (broad SMARTS) is 1. The molecule has 0 aliphatic rings. The molecule has 106 valence electrons. The molecule has 1 heterocycles. The minimum absolute atomic E-state index is 0.370. The van der Waals surface area contributed by atoms with E-state index in [4.69, 9.17) is 5.11 Å². The van der Waals surface area contributed by atoms with Crippen molar-refractivity contribution in [3.63, 3.8) is 0 Å². The first-order chi connectivity index (χ1) is 9.25. The molecule has 0 aliphatic carbocycles. The van der Waals surface area contributed by atoms with Crippen molar-refractivity contribution in [3.05, 3.63) is 23.8 Å². The maximum Gasteiger partial charge on any atom is 0.329 e. The quantitative estimate of drug-likeness (QED) is 0.900. The molecule has 0 radical (unpaired) electrons. The molecule has 1 aromatic heterocycles. The lowest BCUT2D eigenvalue weighted by atomic mass is 10.0. The van der Waals surface area contributed by atoms with Gasteiger partial charge in [-0.05, 0) is 32.0 Å². The molecule has 1 N–H and O–H groups in total. The van der Waals surface area contributed by atoms with Gasteiger partial charge in [-0.15, -0.1) is 5.10 Å². The number of likely N-dealkylation sites (N-methyl/N-ethyl adjacent to an activating group) is 1. The lowest BCUT2D eigenvalue weighted by molar-refractivity contribution is -0.147. The molecule has 0 bridgehead atoms. The Kier molecular flexibility index (Phi) is 3.21. The standard InChI is InChI=1S/C13H16N4O3/c1-13(2,12(19)20)16(3)11(18)8-5-6-10-9(7-8)14-15-17(10)4/h5-7H,1-4H3,(H,19,20). The van der Waals surface area contributed by atoms with Crippen LogP contribution >= 0.6 is 0 Å². The summed E-state index contributed by atoms with van der Waals surface area (Å²) in [7, 11) is 3.23. The van der Waals surface area contributed by atoms with Crippen molar-refractivity contribution in [2.75, 3.05) is 7.05 Å². The summed E-state index contributed by atoms with van der Waals surface area (Å²) in [5.41, 5.74) is 0.505. The first-order valence-corrected chi connectivity index (χ1v) is 6.06. The monoisotopic (exact) mass is 276 g/mol.